The van der Waals surface area contributed by atoms with E-state index in [1.807, 2.05) is 12.1 Å². The fourth-order valence-electron chi connectivity index (χ4n) is 2.70. The van der Waals surface area contributed by atoms with Crippen LogP contribution in [0.2, 0.25) is 0 Å². The Bertz CT molecular complexity index is 498. The number of carbonyl (C=O) groups is 1. The van der Waals surface area contributed by atoms with E-state index >= 15 is 0 Å². The van der Waals surface area contributed by atoms with E-state index < -0.39 is 0 Å². The maximum atomic E-state index is 11.9. The van der Waals surface area contributed by atoms with Gasteiger partial charge in [-0.25, -0.2) is 4.98 Å². The summed E-state index contributed by atoms with van der Waals surface area (Å²) in [6.45, 7) is 12.0. The van der Waals surface area contributed by atoms with Gasteiger partial charge in [-0.1, -0.05) is 20.8 Å². The maximum Gasteiger partial charge on any atom is 0.224 e. The average molecular weight is 305 g/mol. The Morgan fingerprint density at radius 2 is 1.95 bits per heavy atom. The lowest BCUT2D eigenvalue weighted by molar-refractivity contribution is -0.117. The minimum absolute atomic E-state index is 0.0163. The minimum atomic E-state index is -0.0163. The summed E-state index contributed by atoms with van der Waals surface area (Å²) in [6.07, 6.45) is 2.63. The molecule has 2 heterocycles. The summed E-state index contributed by atoms with van der Waals surface area (Å²) in [7, 11) is 0. The highest BCUT2D eigenvalue weighted by Crippen LogP contribution is 2.21. The molecule has 0 saturated carbocycles. The van der Waals surface area contributed by atoms with Crippen molar-refractivity contribution in [2.45, 2.75) is 53.2 Å². The first-order valence-corrected chi connectivity index (χ1v) is 7.89. The smallest absolute Gasteiger partial charge is 0.224 e. The second-order valence-electron chi connectivity index (χ2n) is 7.35. The molecule has 0 aliphatic carbocycles. The maximum absolute atomic E-state index is 11.9. The zero-order valence-electron chi connectivity index (χ0n) is 14.2. The molecule has 0 aromatic carbocycles. The molecule has 2 rings (SSSR count). The minimum Gasteiger partial charge on any atom is -0.372 e. The topological polar surface area (TPSA) is 54.5 Å². The van der Waals surface area contributed by atoms with Gasteiger partial charge in [-0.2, -0.15) is 0 Å². The van der Waals surface area contributed by atoms with Crippen LogP contribution in [0.15, 0.2) is 18.3 Å². The van der Waals surface area contributed by atoms with E-state index in [-0.39, 0.29) is 23.5 Å². The molecule has 5 heteroatoms. The highest BCUT2D eigenvalue weighted by molar-refractivity contribution is 5.91. The van der Waals surface area contributed by atoms with Crippen molar-refractivity contribution in [2.24, 2.45) is 5.41 Å². The highest BCUT2D eigenvalue weighted by Gasteiger charge is 2.23. The molecule has 0 radical (unpaired) electrons. The van der Waals surface area contributed by atoms with Gasteiger partial charge in [-0.15, -0.1) is 0 Å². The lowest BCUT2D eigenvalue weighted by Gasteiger charge is -2.36. The fraction of sp³-hybridized carbons (Fsp3) is 0.647. The lowest BCUT2D eigenvalue weighted by Crippen LogP contribution is -2.45. The summed E-state index contributed by atoms with van der Waals surface area (Å²) < 4.78 is 5.73. The van der Waals surface area contributed by atoms with E-state index in [4.69, 9.17) is 4.74 Å². The van der Waals surface area contributed by atoms with Gasteiger partial charge in [0, 0.05) is 19.5 Å². The first kappa shape index (κ1) is 16.7. The van der Waals surface area contributed by atoms with E-state index in [1.165, 1.54) is 0 Å². The number of pyridine rings is 1. The molecule has 1 aliphatic heterocycles. The Morgan fingerprint density at radius 3 is 2.45 bits per heavy atom. The molecule has 1 fully saturated rings. The molecule has 5 nitrogen and oxygen atoms in total. The Kier molecular flexibility index (Phi) is 5.06. The molecule has 0 bridgehead atoms. The van der Waals surface area contributed by atoms with Gasteiger partial charge in [0.25, 0.3) is 0 Å². The predicted octanol–water partition coefficient (Wildman–Crippen LogP) is 3.07. The summed E-state index contributed by atoms with van der Waals surface area (Å²) in [5.74, 6) is 0.950. The molecule has 1 N–H and O–H groups in total. The Balaban J connectivity index is 1.97. The Labute approximate surface area is 133 Å². The molecular weight excluding hydrogens is 278 g/mol. The van der Waals surface area contributed by atoms with Gasteiger partial charge in [0.05, 0.1) is 24.1 Å². The molecule has 1 amide bonds. The highest BCUT2D eigenvalue weighted by atomic mass is 16.5. The van der Waals surface area contributed by atoms with Crippen molar-refractivity contribution in [3.63, 3.8) is 0 Å². The molecule has 1 saturated heterocycles. The standard InChI is InChI=1S/C17H27N3O2/c1-12-10-20(11-13(2)22-12)15-7-6-14(9-18-15)19-16(21)8-17(3,4)5/h6-7,9,12-13H,8,10-11H2,1-5H3,(H,19,21). The number of amides is 1. The molecule has 122 valence electrons. The van der Waals surface area contributed by atoms with Crippen LogP contribution >= 0.6 is 0 Å². The molecule has 1 aromatic rings. The predicted molar refractivity (Wildman–Crippen MR) is 89.2 cm³/mol. The molecular formula is C17H27N3O2. The van der Waals surface area contributed by atoms with E-state index in [0.717, 1.165) is 24.6 Å². The molecule has 2 atom stereocenters. The van der Waals surface area contributed by atoms with Crippen molar-refractivity contribution in [2.75, 3.05) is 23.3 Å². The number of anilines is 2. The zero-order chi connectivity index (χ0) is 16.3. The van der Waals surface area contributed by atoms with Crippen LogP contribution in [0.4, 0.5) is 11.5 Å². The molecule has 1 aromatic heterocycles. The number of nitrogens with one attached hydrogen (secondary N) is 1. The molecule has 22 heavy (non-hydrogen) atoms. The molecule has 2 unspecified atom stereocenters. The van der Waals surface area contributed by atoms with Crippen molar-refractivity contribution in [1.29, 1.82) is 0 Å². The average Bonchev–Trinajstić information content (AvgIpc) is 2.36. The SMILES string of the molecule is CC1CN(c2ccc(NC(=O)CC(C)(C)C)cn2)CC(C)O1. The number of ether oxygens (including phenoxy) is 1. The van der Waals surface area contributed by atoms with Crippen molar-refractivity contribution >= 4 is 17.4 Å². The third kappa shape index (κ3) is 4.98. The Morgan fingerprint density at radius 1 is 1.32 bits per heavy atom. The number of morpholine rings is 1. The van der Waals surface area contributed by atoms with Crippen LogP contribution in [-0.4, -0.2) is 36.2 Å². The van der Waals surface area contributed by atoms with Gasteiger partial charge in [0.15, 0.2) is 0 Å². The molecule has 1 aliphatic rings. The van der Waals surface area contributed by atoms with Crippen molar-refractivity contribution < 1.29 is 9.53 Å². The summed E-state index contributed by atoms with van der Waals surface area (Å²) in [5.41, 5.74) is 0.727. The number of aromatic nitrogens is 1. The van der Waals surface area contributed by atoms with Crippen LogP contribution < -0.4 is 10.2 Å². The van der Waals surface area contributed by atoms with Gasteiger partial charge < -0.3 is 15.0 Å². The summed E-state index contributed by atoms with van der Waals surface area (Å²) in [6, 6.07) is 3.87. The van der Waals surface area contributed by atoms with Crippen LogP contribution in [0, 0.1) is 5.41 Å². The third-order valence-electron chi connectivity index (χ3n) is 3.47. The van der Waals surface area contributed by atoms with Gasteiger partial charge >= 0.3 is 0 Å². The largest absolute Gasteiger partial charge is 0.372 e. The zero-order valence-corrected chi connectivity index (χ0v) is 14.2. The second-order valence-corrected chi connectivity index (χ2v) is 7.35. The van der Waals surface area contributed by atoms with Crippen molar-refractivity contribution in [3.05, 3.63) is 18.3 Å². The number of hydrogen-bond donors (Lipinski definition) is 1. The first-order chi connectivity index (χ1) is 10.2. The van der Waals surface area contributed by atoms with Crippen LogP contribution in [0.1, 0.15) is 41.0 Å². The van der Waals surface area contributed by atoms with E-state index in [0.29, 0.717) is 6.42 Å². The fourth-order valence-corrected chi connectivity index (χ4v) is 2.70. The van der Waals surface area contributed by atoms with Crippen LogP contribution in [0.25, 0.3) is 0 Å². The number of hydrogen-bond acceptors (Lipinski definition) is 4. The van der Waals surface area contributed by atoms with Crippen LogP contribution in [0.3, 0.4) is 0 Å². The van der Waals surface area contributed by atoms with Crippen LogP contribution in [0.5, 0.6) is 0 Å². The van der Waals surface area contributed by atoms with Gasteiger partial charge in [-0.3, -0.25) is 4.79 Å². The van der Waals surface area contributed by atoms with E-state index in [2.05, 4.69) is 49.8 Å². The quantitative estimate of drug-likeness (QED) is 0.932. The summed E-state index contributed by atoms with van der Waals surface area (Å²) >= 11 is 0. The van der Waals surface area contributed by atoms with Gasteiger partial charge in [0.2, 0.25) is 5.91 Å². The van der Waals surface area contributed by atoms with Gasteiger partial charge in [-0.05, 0) is 31.4 Å². The normalized spacial score (nSPS) is 22.5. The molecule has 0 spiro atoms. The lowest BCUT2D eigenvalue weighted by atomic mass is 9.92. The summed E-state index contributed by atoms with van der Waals surface area (Å²) in [5, 5.41) is 2.90. The van der Waals surface area contributed by atoms with Crippen molar-refractivity contribution in [1.82, 2.24) is 4.98 Å². The summed E-state index contributed by atoms with van der Waals surface area (Å²) in [4.78, 5) is 18.6. The van der Waals surface area contributed by atoms with Crippen molar-refractivity contribution in [3.8, 4) is 0 Å². The second kappa shape index (κ2) is 6.65. The number of nitrogens with zero attached hydrogens (tertiary/aromatic N) is 2. The van der Waals surface area contributed by atoms with E-state index in [9.17, 15) is 4.79 Å². The number of rotatable bonds is 3. The van der Waals surface area contributed by atoms with E-state index in [1.54, 1.807) is 6.20 Å². The first-order valence-electron chi connectivity index (χ1n) is 7.89. The number of carbonyl (C=O) groups excluding carboxylic acids is 1. The third-order valence-corrected chi connectivity index (χ3v) is 3.47. The van der Waals surface area contributed by atoms with Gasteiger partial charge in [0.1, 0.15) is 5.82 Å². The Hall–Kier alpha value is -1.62. The van der Waals surface area contributed by atoms with Crippen LogP contribution in [-0.2, 0) is 9.53 Å². The monoisotopic (exact) mass is 305 g/mol.